The van der Waals surface area contributed by atoms with Crippen molar-refractivity contribution in [2.75, 3.05) is 13.2 Å². The van der Waals surface area contributed by atoms with Crippen LogP contribution in [0.15, 0.2) is 0 Å². The number of esters is 3. The van der Waals surface area contributed by atoms with Crippen molar-refractivity contribution in [3.63, 3.8) is 0 Å². The van der Waals surface area contributed by atoms with E-state index in [0.29, 0.717) is 19.3 Å². The van der Waals surface area contributed by atoms with Gasteiger partial charge in [-0.25, -0.2) is 0 Å². The number of unbranched alkanes of at least 4 members (excludes halogenated alkanes) is 35. The normalized spacial score (nSPS) is 11.9. The molecular weight excluding hydrogens is 733 g/mol. The molecule has 0 N–H and O–H groups in total. The van der Waals surface area contributed by atoms with Gasteiger partial charge < -0.3 is 14.2 Å². The van der Waals surface area contributed by atoms with Gasteiger partial charge >= 0.3 is 17.9 Å². The smallest absolute Gasteiger partial charge is 0.306 e. The van der Waals surface area contributed by atoms with E-state index in [1.54, 1.807) is 0 Å². The molecule has 0 bridgehead atoms. The number of carbonyl (C=O) groups excluding carboxylic acids is 3. The van der Waals surface area contributed by atoms with Gasteiger partial charge in [0.25, 0.3) is 0 Å². The van der Waals surface area contributed by atoms with Crippen LogP contribution in [0, 0.1) is 5.92 Å². The fourth-order valence-corrected chi connectivity index (χ4v) is 8.04. The van der Waals surface area contributed by atoms with Crippen LogP contribution in [0.25, 0.3) is 0 Å². The van der Waals surface area contributed by atoms with E-state index in [1.165, 1.54) is 193 Å². The maximum Gasteiger partial charge on any atom is 0.306 e. The first-order valence-corrected chi connectivity index (χ1v) is 26.4. The zero-order valence-electron chi connectivity index (χ0n) is 40.2. The molecule has 0 unspecified atom stereocenters. The number of hydrogen-bond acceptors (Lipinski definition) is 6. The Balaban J connectivity index is 4.23. The lowest BCUT2D eigenvalue weighted by molar-refractivity contribution is -0.167. The summed E-state index contributed by atoms with van der Waals surface area (Å²) in [7, 11) is 0. The molecular formula is C53H102O6. The Morgan fingerprint density at radius 1 is 0.322 bits per heavy atom. The van der Waals surface area contributed by atoms with E-state index in [1.807, 2.05) is 0 Å². The molecule has 0 saturated heterocycles. The molecule has 0 spiro atoms. The van der Waals surface area contributed by atoms with Crippen LogP contribution in [0.5, 0.6) is 0 Å². The van der Waals surface area contributed by atoms with Crippen LogP contribution in [-0.4, -0.2) is 37.2 Å². The average molecular weight is 835 g/mol. The summed E-state index contributed by atoms with van der Waals surface area (Å²) in [5.41, 5.74) is 0. The summed E-state index contributed by atoms with van der Waals surface area (Å²) in [6.07, 6.45) is 49.5. The van der Waals surface area contributed by atoms with Crippen LogP contribution in [0.1, 0.15) is 297 Å². The molecule has 6 heteroatoms. The first-order chi connectivity index (χ1) is 28.9. The Bertz CT molecular complexity index is 887. The molecule has 0 fully saturated rings. The molecule has 0 amide bonds. The summed E-state index contributed by atoms with van der Waals surface area (Å²) >= 11 is 0. The highest BCUT2D eigenvalue weighted by Crippen LogP contribution is 2.17. The quantitative estimate of drug-likeness (QED) is 0.0345. The summed E-state index contributed by atoms with van der Waals surface area (Å²) in [6.45, 7) is 9.00. The maximum absolute atomic E-state index is 12.8. The van der Waals surface area contributed by atoms with E-state index in [-0.39, 0.29) is 31.1 Å². The summed E-state index contributed by atoms with van der Waals surface area (Å²) in [6, 6.07) is 0. The first-order valence-electron chi connectivity index (χ1n) is 26.4. The second-order valence-corrected chi connectivity index (χ2v) is 18.6. The Hall–Kier alpha value is -1.59. The molecule has 0 saturated carbocycles. The lowest BCUT2D eigenvalue weighted by Crippen LogP contribution is -2.30. The summed E-state index contributed by atoms with van der Waals surface area (Å²) in [4.78, 5) is 37.9. The van der Waals surface area contributed by atoms with Crippen LogP contribution >= 0.6 is 0 Å². The molecule has 0 rings (SSSR count). The summed E-state index contributed by atoms with van der Waals surface area (Å²) in [5.74, 6) is -0.0286. The highest BCUT2D eigenvalue weighted by atomic mass is 16.6. The molecule has 1 atom stereocenters. The van der Waals surface area contributed by atoms with E-state index in [2.05, 4.69) is 27.7 Å². The van der Waals surface area contributed by atoms with Crippen LogP contribution < -0.4 is 0 Å². The van der Waals surface area contributed by atoms with E-state index in [4.69, 9.17) is 14.2 Å². The number of hydrogen-bond donors (Lipinski definition) is 0. The fraction of sp³-hybridized carbons (Fsp3) is 0.943. The van der Waals surface area contributed by atoms with Crippen molar-refractivity contribution in [1.82, 2.24) is 0 Å². The minimum atomic E-state index is -0.760. The third kappa shape index (κ3) is 47.3. The van der Waals surface area contributed by atoms with E-state index in [9.17, 15) is 14.4 Å². The van der Waals surface area contributed by atoms with Gasteiger partial charge in [-0.15, -0.1) is 0 Å². The van der Waals surface area contributed by atoms with Crippen molar-refractivity contribution in [3.05, 3.63) is 0 Å². The third-order valence-electron chi connectivity index (χ3n) is 12.0. The average Bonchev–Trinajstić information content (AvgIpc) is 3.22. The molecule has 0 aliphatic rings. The highest BCUT2D eigenvalue weighted by molar-refractivity contribution is 5.71. The predicted octanol–water partition coefficient (Wildman–Crippen LogP) is 17.1. The zero-order valence-corrected chi connectivity index (χ0v) is 40.2. The Morgan fingerprint density at radius 2 is 0.559 bits per heavy atom. The Morgan fingerprint density at radius 3 is 0.831 bits per heavy atom. The number of rotatable bonds is 48. The predicted molar refractivity (Wildman–Crippen MR) is 252 cm³/mol. The molecule has 59 heavy (non-hydrogen) atoms. The van der Waals surface area contributed by atoms with Crippen molar-refractivity contribution in [3.8, 4) is 0 Å². The first kappa shape index (κ1) is 57.4. The van der Waals surface area contributed by atoms with E-state index in [0.717, 1.165) is 63.7 Å². The SMILES string of the molecule is CCCCCCCCCCCCCCCCCCCCCC(=O)O[C@H](COC(=O)CCCCCCCCCCC)COC(=O)CCCCCCCCCCCCC(C)C. The van der Waals surface area contributed by atoms with E-state index < -0.39 is 6.10 Å². The van der Waals surface area contributed by atoms with Gasteiger partial charge in [0.2, 0.25) is 0 Å². The van der Waals surface area contributed by atoms with Gasteiger partial charge in [0.05, 0.1) is 0 Å². The van der Waals surface area contributed by atoms with Gasteiger partial charge in [-0.05, 0) is 25.2 Å². The number of ether oxygens (including phenoxy) is 3. The van der Waals surface area contributed by atoms with Gasteiger partial charge in [0.15, 0.2) is 6.10 Å². The lowest BCUT2D eigenvalue weighted by Gasteiger charge is -2.18. The lowest BCUT2D eigenvalue weighted by atomic mass is 10.0. The van der Waals surface area contributed by atoms with Gasteiger partial charge in [0, 0.05) is 19.3 Å². The van der Waals surface area contributed by atoms with Crippen LogP contribution in [0.4, 0.5) is 0 Å². The van der Waals surface area contributed by atoms with Crippen molar-refractivity contribution in [2.45, 2.75) is 303 Å². The van der Waals surface area contributed by atoms with Crippen molar-refractivity contribution in [2.24, 2.45) is 5.92 Å². The molecule has 0 aliphatic carbocycles. The third-order valence-corrected chi connectivity index (χ3v) is 12.0. The van der Waals surface area contributed by atoms with Crippen LogP contribution in [0.3, 0.4) is 0 Å². The van der Waals surface area contributed by atoms with Crippen LogP contribution in [-0.2, 0) is 28.6 Å². The van der Waals surface area contributed by atoms with Crippen molar-refractivity contribution < 1.29 is 28.6 Å². The van der Waals surface area contributed by atoms with Gasteiger partial charge in [0.1, 0.15) is 13.2 Å². The zero-order chi connectivity index (χ0) is 43.1. The summed E-state index contributed by atoms with van der Waals surface area (Å²) in [5, 5.41) is 0. The molecule has 0 radical (unpaired) electrons. The Kier molecular flexibility index (Phi) is 46.2. The second-order valence-electron chi connectivity index (χ2n) is 18.6. The summed E-state index contributed by atoms with van der Waals surface area (Å²) < 4.78 is 16.8. The number of carbonyl (C=O) groups is 3. The second kappa shape index (κ2) is 47.5. The maximum atomic E-state index is 12.8. The van der Waals surface area contributed by atoms with Crippen molar-refractivity contribution in [1.29, 1.82) is 0 Å². The topological polar surface area (TPSA) is 78.9 Å². The molecule has 6 nitrogen and oxygen atoms in total. The van der Waals surface area contributed by atoms with Crippen molar-refractivity contribution >= 4 is 17.9 Å². The van der Waals surface area contributed by atoms with E-state index >= 15 is 0 Å². The fourth-order valence-electron chi connectivity index (χ4n) is 8.04. The molecule has 350 valence electrons. The molecule has 0 aliphatic heterocycles. The monoisotopic (exact) mass is 835 g/mol. The minimum absolute atomic E-state index is 0.0632. The minimum Gasteiger partial charge on any atom is -0.462 e. The molecule has 0 aromatic rings. The molecule has 0 aromatic carbocycles. The molecule has 0 heterocycles. The standard InChI is InChI=1S/C53H102O6/c1-5-7-9-11-13-15-16-17-18-19-20-21-22-23-24-30-34-38-42-46-53(56)59-50(47-57-51(54)44-40-36-32-27-14-12-10-8-6-2)48-58-52(55)45-41-37-33-29-26-25-28-31-35-39-43-49(3)4/h49-50H,5-48H2,1-4H3/t50-/m1/s1. The molecule has 0 aromatic heterocycles. The van der Waals surface area contributed by atoms with Gasteiger partial charge in [-0.2, -0.15) is 0 Å². The van der Waals surface area contributed by atoms with Gasteiger partial charge in [-0.3, -0.25) is 14.4 Å². The Labute approximate surface area is 368 Å². The largest absolute Gasteiger partial charge is 0.462 e. The van der Waals surface area contributed by atoms with Crippen LogP contribution in [0.2, 0.25) is 0 Å². The highest BCUT2D eigenvalue weighted by Gasteiger charge is 2.19. The van der Waals surface area contributed by atoms with Gasteiger partial charge in [-0.1, -0.05) is 259 Å².